The van der Waals surface area contributed by atoms with Crippen LogP contribution in [0.2, 0.25) is 5.02 Å². The first-order chi connectivity index (χ1) is 16.7. The van der Waals surface area contributed by atoms with Crippen LogP contribution in [0.4, 0.5) is 5.82 Å². The standard InChI is InChI=1S/C25H23ClN6O2/c26-19-8-6-17(7-9-19)22-30-25(34-31-22)21-5-3-13-28-23(21)32-14-10-18(11-15-32)24(33)29-16-20-4-1-2-12-27-20/h1-9,12-13,18H,10-11,14-16H2,(H,29,33). The Morgan fingerprint density at radius 1 is 1.03 bits per heavy atom. The minimum absolute atomic E-state index is 0.0352. The van der Waals surface area contributed by atoms with E-state index in [9.17, 15) is 4.79 Å². The number of rotatable bonds is 6. The van der Waals surface area contributed by atoms with E-state index in [0.717, 1.165) is 35.5 Å². The highest BCUT2D eigenvalue weighted by Gasteiger charge is 2.27. The zero-order chi connectivity index (χ0) is 23.3. The number of carbonyl (C=O) groups excluding carboxylic acids is 1. The second-order valence-electron chi connectivity index (χ2n) is 8.10. The van der Waals surface area contributed by atoms with E-state index in [1.165, 1.54) is 0 Å². The van der Waals surface area contributed by atoms with Gasteiger partial charge >= 0.3 is 0 Å². The number of carbonyl (C=O) groups is 1. The topological polar surface area (TPSA) is 97.0 Å². The minimum atomic E-state index is -0.0352. The van der Waals surface area contributed by atoms with Crippen molar-refractivity contribution in [2.45, 2.75) is 19.4 Å². The van der Waals surface area contributed by atoms with Crippen molar-refractivity contribution in [1.82, 2.24) is 25.4 Å². The van der Waals surface area contributed by atoms with Crippen LogP contribution < -0.4 is 10.2 Å². The van der Waals surface area contributed by atoms with Crippen LogP contribution in [0.25, 0.3) is 22.8 Å². The van der Waals surface area contributed by atoms with Gasteiger partial charge in [0.2, 0.25) is 11.7 Å². The number of hydrogen-bond acceptors (Lipinski definition) is 7. The average Bonchev–Trinajstić information content (AvgIpc) is 3.39. The molecule has 4 heterocycles. The molecular weight excluding hydrogens is 452 g/mol. The molecule has 0 bridgehead atoms. The van der Waals surface area contributed by atoms with Crippen LogP contribution in [0.1, 0.15) is 18.5 Å². The summed E-state index contributed by atoms with van der Waals surface area (Å²) in [7, 11) is 0. The number of halogens is 1. The number of amides is 1. The van der Waals surface area contributed by atoms with Crippen molar-refractivity contribution < 1.29 is 9.32 Å². The summed E-state index contributed by atoms with van der Waals surface area (Å²) in [5.74, 6) is 1.71. The van der Waals surface area contributed by atoms with E-state index in [1.807, 2.05) is 42.5 Å². The fourth-order valence-corrected chi connectivity index (χ4v) is 4.17. The van der Waals surface area contributed by atoms with Gasteiger partial charge < -0.3 is 14.7 Å². The van der Waals surface area contributed by atoms with Crippen LogP contribution in [0.15, 0.2) is 71.5 Å². The monoisotopic (exact) mass is 474 g/mol. The molecular formula is C25H23ClN6O2. The second kappa shape index (κ2) is 10.0. The van der Waals surface area contributed by atoms with E-state index in [0.29, 0.717) is 36.4 Å². The summed E-state index contributed by atoms with van der Waals surface area (Å²) in [6.45, 7) is 1.87. The maximum Gasteiger partial charge on any atom is 0.261 e. The number of piperidine rings is 1. The molecule has 0 unspecified atom stereocenters. The fraction of sp³-hybridized carbons (Fsp3) is 0.240. The van der Waals surface area contributed by atoms with Crippen molar-refractivity contribution in [2.75, 3.05) is 18.0 Å². The molecule has 0 aliphatic carbocycles. The molecule has 9 heteroatoms. The van der Waals surface area contributed by atoms with Crippen LogP contribution >= 0.6 is 11.6 Å². The Morgan fingerprint density at radius 2 is 1.82 bits per heavy atom. The van der Waals surface area contributed by atoms with E-state index in [2.05, 4.69) is 30.3 Å². The molecule has 1 N–H and O–H groups in total. The molecule has 1 aliphatic rings. The summed E-state index contributed by atoms with van der Waals surface area (Å²) in [4.78, 5) is 28.2. The SMILES string of the molecule is O=C(NCc1ccccn1)C1CCN(c2ncccc2-c2nc(-c3ccc(Cl)cc3)no2)CC1. The molecule has 1 fully saturated rings. The Hall–Kier alpha value is -3.78. The molecule has 0 radical (unpaired) electrons. The van der Waals surface area contributed by atoms with Crippen molar-refractivity contribution >= 4 is 23.3 Å². The predicted molar refractivity (Wildman–Crippen MR) is 129 cm³/mol. The van der Waals surface area contributed by atoms with Crippen molar-refractivity contribution in [2.24, 2.45) is 5.92 Å². The van der Waals surface area contributed by atoms with Gasteiger partial charge in [0.25, 0.3) is 5.89 Å². The zero-order valence-corrected chi connectivity index (χ0v) is 19.2. The number of pyridine rings is 2. The van der Waals surface area contributed by atoms with Gasteiger partial charge in [0.05, 0.1) is 17.8 Å². The van der Waals surface area contributed by atoms with Gasteiger partial charge in [-0.25, -0.2) is 4.98 Å². The minimum Gasteiger partial charge on any atom is -0.356 e. The fourth-order valence-electron chi connectivity index (χ4n) is 4.04. The predicted octanol–water partition coefficient (Wildman–Crippen LogP) is 4.38. The first-order valence-electron chi connectivity index (χ1n) is 11.1. The third-order valence-corrected chi connectivity index (χ3v) is 6.13. The van der Waals surface area contributed by atoms with Gasteiger partial charge in [0, 0.05) is 42.0 Å². The second-order valence-corrected chi connectivity index (χ2v) is 8.54. The molecule has 1 aromatic carbocycles. The molecule has 1 aliphatic heterocycles. The smallest absolute Gasteiger partial charge is 0.261 e. The zero-order valence-electron chi connectivity index (χ0n) is 18.4. The third-order valence-electron chi connectivity index (χ3n) is 5.88. The summed E-state index contributed by atoms with van der Waals surface area (Å²) in [6, 6.07) is 16.7. The molecule has 5 rings (SSSR count). The maximum atomic E-state index is 12.6. The van der Waals surface area contributed by atoms with Crippen molar-refractivity contribution in [3.63, 3.8) is 0 Å². The Balaban J connectivity index is 1.25. The quantitative estimate of drug-likeness (QED) is 0.443. The van der Waals surface area contributed by atoms with Crippen LogP contribution in [-0.4, -0.2) is 39.1 Å². The summed E-state index contributed by atoms with van der Waals surface area (Å²) in [5.41, 5.74) is 2.44. The Bertz CT molecular complexity index is 1250. The lowest BCUT2D eigenvalue weighted by molar-refractivity contribution is -0.125. The molecule has 0 saturated carbocycles. The largest absolute Gasteiger partial charge is 0.356 e. The van der Waals surface area contributed by atoms with E-state index in [-0.39, 0.29) is 11.8 Å². The van der Waals surface area contributed by atoms with Crippen molar-refractivity contribution in [3.8, 4) is 22.8 Å². The number of anilines is 1. The molecule has 0 spiro atoms. The molecule has 172 valence electrons. The lowest BCUT2D eigenvalue weighted by atomic mass is 9.95. The molecule has 3 aromatic heterocycles. The third kappa shape index (κ3) is 4.92. The summed E-state index contributed by atoms with van der Waals surface area (Å²) >= 11 is 5.98. The number of hydrogen-bond donors (Lipinski definition) is 1. The van der Waals surface area contributed by atoms with E-state index >= 15 is 0 Å². The molecule has 8 nitrogen and oxygen atoms in total. The highest BCUT2D eigenvalue weighted by Crippen LogP contribution is 2.32. The summed E-state index contributed by atoms with van der Waals surface area (Å²) in [6.07, 6.45) is 4.96. The van der Waals surface area contributed by atoms with E-state index < -0.39 is 0 Å². The number of benzene rings is 1. The summed E-state index contributed by atoms with van der Waals surface area (Å²) < 4.78 is 5.57. The molecule has 4 aromatic rings. The lowest BCUT2D eigenvalue weighted by Gasteiger charge is -2.32. The van der Waals surface area contributed by atoms with Gasteiger partial charge in [-0.2, -0.15) is 4.98 Å². The highest BCUT2D eigenvalue weighted by molar-refractivity contribution is 6.30. The molecule has 1 amide bonds. The van der Waals surface area contributed by atoms with Crippen LogP contribution in [0, 0.1) is 5.92 Å². The Kier molecular flexibility index (Phi) is 6.49. The van der Waals surface area contributed by atoms with Crippen LogP contribution in [0.5, 0.6) is 0 Å². The number of aromatic nitrogens is 4. The van der Waals surface area contributed by atoms with E-state index in [1.54, 1.807) is 24.5 Å². The van der Waals surface area contributed by atoms with E-state index in [4.69, 9.17) is 16.1 Å². The van der Waals surface area contributed by atoms with Gasteiger partial charge in [-0.3, -0.25) is 9.78 Å². The Labute approximate surface area is 202 Å². The van der Waals surface area contributed by atoms with Gasteiger partial charge in [-0.05, 0) is 61.4 Å². The first-order valence-corrected chi connectivity index (χ1v) is 11.5. The van der Waals surface area contributed by atoms with Crippen molar-refractivity contribution in [3.05, 3.63) is 77.7 Å². The normalized spacial score (nSPS) is 14.2. The molecule has 34 heavy (non-hydrogen) atoms. The van der Waals surface area contributed by atoms with Gasteiger partial charge in [0.15, 0.2) is 0 Å². The lowest BCUT2D eigenvalue weighted by Crippen LogP contribution is -2.41. The molecule has 0 atom stereocenters. The first kappa shape index (κ1) is 22.0. The van der Waals surface area contributed by atoms with Gasteiger partial charge in [-0.15, -0.1) is 0 Å². The van der Waals surface area contributed by atoms with Crippen LogP contribution in [0.3, 0.4) is 0 Å². The van der Waals surface area contributed by atoms with Crippen molar-refractivity contribution in [1.29, 1.82) is 0 Å². The maximum absolute atomic E-state index is 12.6. The average molecular weight is 475 g/mol. The summed E-state index contributed by atoms with van der Waals surface area (Å²) in [5, 5.41) is 7.78. The van der Waals surface area contributed by atoms with Gasteiger partial charge in [-0.1, -0.05) is 22.8 Å². The van der Waals surface area contributed by atoms with Crippen LogP contribution in [-0.2, 0) is 11.3 Å². The van der Waals surface area contributed by atoms with Gasteiger partial charge in [0.1, 0.15) is 5.82 Å². The number of nitrogens with one attached hydrogen (secondary N) is 1. The Morgan fingerprint density at radius 3 is 2.59 bits per heavy atom. The molecule has 1 saturated heterocycles. The highest BCUT2D eigenvalue weighted by atomic mass is 35.5. The number of nitrogens with zero attached hydrogens (tertiary/aromatic N) is 5.